The molecular weight excluding hydrogens is 467 g/mol. The van der Waals surface area contributed by atoms with E-state index in [4.69, 9.17) is 9.47 Å². The van der Waals surface area contributed by atoms with E-state index in [1.807, 2.05) is 7.05 Å². The van der Waals surface area contributed by atoms with Gasteiger partial charge in [0.1, 0.15) is 0 Å². The number of nitrogens with zero attached hydrogens (tertiary/aromatic N) is 2. The van der Waals surface area contributed by atoms with Gasteiger partial charge in [-0.1, -0.05) is 24.6 Å². The van der Waals surface area contributed by atoms with Crippen molar-refractivity contribution in [3.05, 3.63) is 29.8 Å². The van der Waals surface area contributed by atoms with Crippen molar-refractivity contribution in [2.45, 2.75) is 32.2 Å². The summed E-state index contributed by atoms with van der Waals surface area (Å²) in [5.41, 5.74) is 2.96. The van der Waals surface area contributed by atoms with Crippen molar-refractivity contribution in [1.29, 1.82) is 0 Å². The van der Waals surface area contributed by atoms with E-state index in [0.717, 1.165) is 58.4 Å². The number of hydrogen-bond donors (Lipinski definition) is 2. The van der Waals surface area contributed by atoms with Crippen molar-refractivity contribution in [1.82, 2.24) is 10.6 Å². The van der Waals surface area contributed by atoms with Gasteiger partial charge in [0.05, 0.1) is 13.2 Å². The van der Waals surface area contributed by atoms with Crippen LogP contribution in [0.4, 0.5) is 5.69 Å². The zero-order chi connectivity index (χ0) is 19.0. The summed E-state index contributed by atoms with van der Waals surface area (Å²) in [5, 5.41) is 7.03. The van der Waals surface area contributed by atoms with Crippen LogP contribution in [0.3, 0.4) is 0 Å². The number of aliphatic imine (C=N–C) groups is 1. The van der Waals surface area contributed by atoms with E-state index >= 15 is 0 Å². The van der Waals surface area contributed by atoms with E-state index in [1.165, 1.54) is 30.5 Å². The standard InChI is InChI=1S/C21H34N4O2.HI/c1-22-20(24-17-21(8-5-9-21)10-13-26-2)23-16-18-6-3-4-7-19(18)25-11-14-27-15-12-25;/h3-4,6-7H,5,8-17H2,1-2H3,(H2,22,23,24);1H. The number of halogens is 1. The Morgan fingerprint density at radius 3 is 2.61 bits per heavy atom. The highest BCUT2D eigenvalue weighted by Crippen LogP contribution is 2.43. The highest BCUT2D eigenvalue weighted by atomic mass is 127. The zero-order valence-electron chi connectivity index (χ0n) is 17.2. The Morgan fingerprint density at radius 1 is 1.21 bits per heavy atom. The Labute approximate surface area is 186 Å². The molecule has 0 bridgehead atoms. The number of methoxy groups -OCH3 is 1. The van der Waals surface area contributed by atoms with Gasteiger partial charge in [-0.15, -0.1) is 24.0 Å². The molecule has 1 heterocycles. The number of guanidine groups is 1. The van der Waals surface area contributed by atoms with E-state index in [9.17, 15) is 0 Å². The molecule has 0 radical (unpaired) electrons. The predicted octanol–water partition coefficient (Wildman–Crippen LogP) is 3.01. The number of nitrogens with one attached hydrogen (secondary N) is 2. The topological polar surface area (TPSA) is 58.1 Å². The van der Waals surface area contributed by atoms with Crippen molar-refractivity contribution in [2.24, 2.45) is 10.4 Å². The van der Waals surface area contributed by atoms with Gasteiger partial charge in [0.2, 0.25) is 0 Å². The molecular formula is C21H35IN4O2. The third kappa shape index (κ3) is 6.22. The first kappa shape index (κ1) is 23.2. The maximum Gasteiger partial charge on any atom is 0.191 e. The van der Waals surface area contributed by atoms with Crippen LogP contribution in [0.1, 0.15) is 31.2 Å². The van der Waals surface area contributed by atoms with Crippen LogP contribution >= 0.6 is 24.0 Å². The molecule has 7 heteroatoms. The van der Waals surface area contributed by atoms with Crippen molar-refractivity contribution in [3.8, 4) is 0 Å². The first-order chi connectivity index (χ1) is 13.3. The quantitative estimate of drug-likeness (QED) is 0.325. The van der Waals surface area contributed by atoms with Gasteiger partial charge in [-0.2, -0.15) is 0 Å². The van der Waals surface area contributed by atoms with E-state index < -0.39 is 0 Å². The zero-order valence-corrected chi connectivity index (χ0v) is 19.5. The van der Waals surface area contributed by atoms with E-state index in [-0.39, 0.29) is 24.0 Å². The molecule has 6 nitrogen and oxygen atoms in total. The summed E-state index contributed by atoms with van der Waals surface area (Å²) in [6, 6.07) is 8.60. The normalized spacial score (nSPS) is 18.8. The first-order valence-corrected chi connectivity index (χ1v) is 10.1. The fourth-order valence-electron chi connectivity index (χ4n) is 3.95. The van der Waals surface area contributed by atoms with Crippen molar-refractivity contribution in [3.63, 3.8) is 0 Å². The number of rotatable bonds is 8. The van der Waals surface area contributed by atoms with Crippen LogP contribution in [0.15, 0.2) is 29.3 Å². The van der Waals surface area contributed by atoms with Crippen LogP contribution in [0, 0.1) is 5.41 Å². The molecule has 0 unspecified atom stereocenters. The summed E-state index contributed by atoms with van der Waals surface area (Å²) in [6.45, 7) is 6.06. The van der Waals surface area contributed by atoms with Gasteiger partial charge in [-0.25, -0.2) is 0 Å². The lowest BCUT2D eigenvalue weighted by Crippen LogP contribution is -2.46. The van der Waals surface area contributed by atoms with Crippen LogP contribution in [0.2, 0.25) is 0 Å². The fourth-order valence-corrected chi connectivity index (χ4v) is 3.95. The van der Waals surface area contributed by atoms with E-state index in [0.29, 0.717) is 5.41 Å². The van der Waals surface area contributed by atoms with Crippen molar-refractivity contribution < 1.29 is 9.47 Å². The number of anilines is 1. The molecule has 0 atom stereocenters. The molecule has 1 saturated carbocycles. The molecule has 0 amide bonds. The molecule has 1 aliphatic heterocycles. The van der Waals surface area contributed by atoms with Crippen LogP contribution < -0.4 is 15.5 Å². The summed E-state index contributed by atoms with van der Waals surface area (Å²) in [6.07, 6.45) is 5.00. The van der Waals surface area contributed by atoms with Gasteiger partial charge in [0.15, 0.2) is 5.96 Å². The Balaban J connectivity index is 0.00000280. The Kier molecular flexibility index (Phi) is 9.81. The van der Waals surface area contributed by atoms with Crippen molar-refractivity contribution >= 4 is 35.6 Å². The molecule has 2 aliphatic rings. The monoisotopic (exact) mass is 502 g/mol. The molecule has 1 aliphatic carbocycles. The van der Waals surface area contributed by atoms with Gasteiger partial charge in [-0.3, -0.25) is 4.99 Å². The third-order valence-corrected chi connectivity index (χ3v) is 5.89. The summed E-state index contributed by atoms with van der Waals surface area (Å²) in [5.74, 6) is 0.871. The second-order valence-corrected chi connectivity index (χ2v) is 7.60. The fraction of sp³-hybridized carbons (Fsp3) is 0.667. The second-order valence-electron chi connectivity index (χ2n) is 7.60. The van der Waals surface area contributed by atoms with Gasteiger partial charge < -0.3 is 25.0 Å². The largest absolute Gasteiger partial charge is 0.385 e. The summed E-state index contributed by atoms with van der Waals surface area (Å²) in [4.78, 5) is 6.82. The van der Waals surface area contributed by atoms with Crippen LogP contribution in [-0.2, 0) is 16.0 Å². The summed E-state index contributed by atoms with van der Waals surface area (Å²) >= 11 is 0. The van der Waals surface area contributed by atoms with Crippen LogP contribution in [-0.4, -0.2) is 59.6 Å². The number of benzene rings is 1. The van der Waals surface area contributed by atoms with E-state index in [2.05, 4.69) is 44.8 Å². The lowest BCUT2D eigenvalue weighted by atomic mass is 9.67. The SMILES string of the molecule is CN=C(NCc1ccccc1N1CCOCC1)NCC1(CCOC)CCC1.I. The highest BCUT2D eigenvalue weighted by molar-refractivity contribution is 14.0. The molecule has 3 rings (SSSR count). The number of ether oxygens (including phenoxy) is 2. The Hall–Kier alpha value is -1.06. The van der Waals surface area contributed by atoms with Crippen LogP contribution in [0.25, 0.3) is 0 Å². The molecule has 0 aromatic heterocycles. The first-order valence-electron chi connectivity index (χ1n) is 10.1. The summed E-state index contributed by atoms with van der Waals surface area (Å²) < 4.78 is 10.8. The molecule has 1 aromatic rings. The lowest BCUT2D eigenvalue weighted by molar-refractivity contribution is 0.0732. The number of morpholine rings is 1. The van der Waals surface area contributed by atoms with Gasteiger partial charge in [-0.05, 0) is 36.3 Å². The predicted molar refractivity (Wildman–Crippen MR) is 126 cm³/mol. The molecule has 2 fully saturated rings. The van der Waals surface area contributed by atoms with Crippen LogP contribution in [0.5, 0.6) is 0 Å². The molecule has 0 spiro atoms. The minimum Gasteiger partial charge on any atom is -0.385 e. The molecule has 1 saturated heterocycles. The maximum absolute atomic E-state index is 5.49. The minimum absolute atomic E-state index is 0. The Morgan fingerprint density at radius 2 is 1.96 bits per heavy atom. The average Bonchev–Trinajstić information content (AvgIpc) is 2.70. The number of para-hydroxylation sites is 1. The third-order valence-electron chi connectivity index (χ3n) is 5.89. The minimum atomic E-state index is 0. The maximum atomic E-state index is 5.49. The molecule has 158 valence electrons. The van der Waals surface area contributed by atoms with Gasteiger partial charge >= 0.3 is 0 Å². The molecule has 2 N–H and O–H groups in total. The average molecular weight is 502 g/mol. The Bertz CT molecular complexity index is 616. The summed E-state index contributed by atoms with van der Waals surface area (Å²) in [7, 11) is 3.62. The van der Waals surface area contributed by atoms with Gasteiger partial charge in [0, 0.05) is 52.6 Å². The van der Waals surface area contributed by atoms with E-state index in [1.54, 1.807) is 7.11 Å². The smallest absolute Gasteiger partial charge is 0.191 e. The number of hydrogen-bond acceptors (Lipinski definition) is 4. The van der Waals surface area contributed by atoms with Crippen molar-refractivity contribution in [2.75, 3.05) is 58.5 Å². The highest BCUT2D eigenvalue weighted by Gasteiger charge is 2.36. The molecule has 1 aromatic carbocycles. The lowest BCUT2D eigenvalue weighted by Gasteiger charge is -2.42. The second kappa shape index (κ2) is 11.8. The van der Waals surface area contributed by atoms with Gasteiger partial charge in [0.25, 0.3) is 0 Å². The molecule has 28 heavy (non-hydrogen) atoms.